The minimum absolute atomic E-state index is 0.415. The molecule has 1 saturated carbocycles. The number of likely N-dealkylation sites (tertiary alicyclic amines) is 1. The summed E-state index contributed by atoms with van der Waals surface area (Å²) in [5.41, 5.74) is 2.73. The predicted molar refractivity (Wildman–Crippen MR) is 89.9 cm³/mol. The molecule has 3 rings (SSSR count). The first-order valence-electron chi connectivity index (χ1n) is 8.39. The molecule has 1 saturated heterocycles. The number of benzene rings is 1. The molecule has 0 aromatic heterocycles. The molecule has 1 N–H and O–H groups in total. The summed E-state index contributed by atoms with van der Waals surface area (Å²) in [6, 6.07) is 10.1. The first kappa shape index (κ1) is 14.9. The first-order valence-corrected chi connectivity index (χ1v) is 8.39. The molecule has 1 aliphatic heterocycles. The van der Waals surface area contributed by atoms with Gasteiger partial charge in [0.05, 0.1) is 0 Å². The van der Waals surface area contributed by atoms with Crippen LogP contribution in [0.5, 0.6) is 0 Å². The topological polar surface area (TPSA) is 18.5 Å². The zero-order valence-corrected chi connectivity index (χ0v) is 13.7. The number of hydrogen-bond donors (Lipinski definition) is 1. The van der Waals surface area contributed by atoms with E-state index in [9.17, 15) is 0 Å². The van der Waals surface area contributed by atoms with Crippen molar-refractivity contribution in [3.8, 4) is 0 Å². The van der Waals surface area contributed by atoms with Gasteiger partial charge in [-0.1, -0.05) is 18.2 Å². The lowest BCUT2D eigenvalue weighted by atomic mass is 10.0. The zero-order chi connectivity index (χ0) is 14.8. The van der Waals surface area contributed by atoms with Crippen LogP contribution in [0.15, 0.2) is 24.3 Å². The third kappa shape index (κ3) is 3.58. The highest BCUT2D eigenvalue weighted by Gasteiger charge is 2.34. The number of anilines is 1. The maximum atomic E-state index is 3.76. The van der Waals surface area contributed by atoms with Crippen LogP contribution >= 0.6 is 0 Å². The first-order chi connectivity index (χ1) is 10.1. The Balaban J connectivity index is 1.53. The summed E-state index contributed by atoms with van der Waals surface area (Å²) in [5.74, 6) is 0.833. The van der Waals surface area contributed by atoms with E-state index in [0.29, 0.717) is 6.04 Å². The van der Waals surface area contributed by atoms with Crippen LogP contribution in [0.1, 0.15) is 37.8 Å². The van der Waals surface area contributed by atoms with Crippen molar-refractivity contribution in [3.63, 3.8) is 0 Å². The molecular weight excluding hydrogens is 258 g/mol. The van der Waals surface area contributed by atoms with Gasteiger partial charge in [0, 0.05) is 38.4 Å². The van der Waals surface area contributed by atoms with Gasteiger partial charge in [-0.05, 0) is 56.8 Å². The van der Waals surface area contributed by atoms with Gasteiger partial charge >= 0.3 is 0 Å². The molecule has 2 fully saturated rings. The lowest BCUT2D eigenvalue weighted by Crippen LogP contribution is -2.29. The van der Waals surface area contributed by atoms with Crippen molar-refractivity contribution in [2.24, 2.45) is 5.92 Å². The van der Waals surface area contributed by atoms with Gasteiger partial charge in [-0.25, -0.2) is 0 Å². The van der Waals surface area contributed by atoms with Crippen molar-refractivity contribution in [2.75, 3.05) is 38.6 Å². The second-order valence-electron chi connectivity index (χ2n) is 6.96. The van der Waals surface area contributed by atoms with E-state index in [1.54, 1.807) is 0 Å². The normalized spacial score (nSPS) is 24.2. The molecule has 21 heavy (non-hydrogen) atoms. The summed E-state index contributed by atoms with van der Waals surface area (Å²) in [6.07, 6.45) is 4.24. The van der Waals surface area contributed by atoms with Crippen molar-refractivity contribution in [1.29, 1.82) is 0 Å². The number of hydrogen-bond acceptors (Lipinski definition) is 3. The van der Waals surface area contributed by atoms with Crippen LogP contribution in [0.2, 0.25) is 0 Å². The monoisotopic (exact) mass is 287 g/mol. The van der Waals surface area contributed by atoms with E-state index in [1.807, 2.05) is 0 Å². The standard InChI is InChI=1S/C18H29N3/c1-14(17-6-4-5-7-18(17)20(2)3)19-12-15-10-11-21(13-15)16-8-9-16/h4-7,14-16,19H,8-13H2,1-3H3. The second-order valence-corrected chi connectivity index (χ2v) is 6.96. The average Bonchev–Trinajstić information content (AvgIpc) is 3.24. The summed E-state index contributed by atoms with van der Waals surface area (Å²) in [5, 5.41) is 3.76. The summed E-state index contributed by atoms with van der Waals surface area (Å²) in [6.45, 7) is 6.06. The molecule has 1 aromatic rings. The molecule has 116 valence electrons. The fourth-order valence-electron chi connectivity index (χ4n) is 3.51. The van der Waals surface area contributed by atoms with Gasteiger partial charge in [-0.15, -0.1) is 0 Å². The number of rotatable bonds is 6. The highest BCUT2D eigenvalue weighted by molar-refractivity contribution is 5.53. The zero-order valence-electron chi connectivity index (χ0n) is 13.7. The Labute approximate surface area is 129 Å². The van der Waals surface area contributed by atoms with Crippen molar-refractivity contribution < 1.29 is 0 Å². The maximum Gasteiger partial charge on any atom is 0.0409 e. The SMILES string of the molecule is CC(NCC1CCN(C2CC2)C1)c1ccccc1N(C)C. The van der Waals surface area contributed by atoms with Gasteiger partial charge in [0.1, 0.15) is 0 Å². The van der Waals surface area contributed by atoms with E-state index in [1.165, 1.54) is 43.6 Å². The quantitative estimate of drug-likeness (QED) is 0.868. The molecule has 3 heteroatoms. The van der Waals surface area contributed by atoms with Crippen LogP contribution < -0.4 is 10.2 Å². The smallest absolute Gasteiger partial charge is 0.0409 e. The van der Waals surface area contributed by atoms with Crippen molar-refractivity contribution in [2.45, 2.75) is 38.3 Å². The summed E-state index contributed by atoms with van der Waals surface area (Å²) in [7, 11) is 4.24. The van der Waals surface area contributed by atoms with E-state index in [2.05, 4.69) is 60.4 Å². The van der Waals surface area contributed by atoms with Crippen molar-refractivity contribution in [1.82, 2.24) is 10.2 Å². The van der Waals surface area contributed by atoms with Gasteiger partial charge in [0.25, 0.3) is 0 Å². The fraction of sp³-hybridized carbons (Fsp3) is 0.667. The maximum absolute atomic E-state index is 3.76. The molecule has 1 heterocycles. The third-order valence-electron chi connectivity index (χ3n) is 4.98. The summed E-state index contributed by atoms with van der Waals surface area (Å²) in [4.78, 5) is 4.91. The molecule has 1 aromatic carbocycles. The molecule has 0 amide bonds. The lowest BCUT2D eigenvalue weighted by Gasteiger charge is -2.23. The Morgan fingerprint density at radius 2 is 2.00 bits per heavy atom. The third-order valence-corrected chi connectivity index (χ3v) is 4.98. The van der Waals surface area contributed by atoms with Crippen molar-refractivity contribution in [3.05, 3.63) is 29.8 Å². The molecule has 2 aliphatic rings. The molecule has 2 unspecified atom stereocenters. The highest BCUT2D eigenvalue weighted by atomic mass is 15.2. The lowest BCUT2D eigenvalue weighted by molar-refractivity contribution is 0.310. The number of nitrogens with one attached hydrogen (secondary N) is 1. The molecule has 0 spiro atoms. The average molecular weight is 287 g/mol. The summed E-state index contributed by atoms with van der Waals surface area (Å²) < 4.78 is 0. The Hall–Kier alpha value is -1.06. The largest absolute Gasteiger partial charge is 0.377 e. The molecule has 0 bridgehead atoms. The van der Waals surface area contributed by atoms with E-state index in [4.69, 9.17) is 0 Å². The van der Waals surface area contributed by atoms with E-state index in [0.717, 1.165) is 18.5 Å². The Kier molecular flexibility index (Phi) is 4.51. The number of nitrogens with zero attached hydrogens (tertiary/aromatic N) is 2. The van der Waals surface area contributed by atoms with Crippen LogP contribution in [0.4, 0.5) is 5.69 Å². The van der Waals surface area contributed by atoms with Gasteiger partial charge in [0.15, 0.2) is 0 Å². The van der Waals surface area contributed by atoms with Gasteiger partial charge in [-0.3, -0.25) is 0 Å². The number of para-hydroxylation sites is 1. The Bertz CT molecular complexity index is 467. The summed E-state index contributed by atoms with van der Waals surface area (Å²) >= 11 is 0. The van der Waals surface area contributed by atoms with Crippen molar-refractivity contribution >= 4 is 5.69 Å². The van der Waals surface area contributed by atoms with Crippen LogP contribution in [-0.2, 0) is 0 Å². The van der Waals surface area contributed by atoms with Crippen LogP contribution in [0.25, 0.3) is 0 Å². The Morgan fingerprint density at radius 3 is 2.71 bits per heavy atom. The van der Waals surface area contributed by atoms with Crippen LogP contribution in [0, 0.1) is 5.92 Å². The molecule has 1 aliphatic carbocycles. The molecule has 2 atom stereocenters. The van der Waals surface area contributed by atoms with Crippen LogP contribution in [0.3, 0.4) is 0 Å². The van der Waals surface area contributed by atoms with Crippen LogP contribution in [-0.4, -0.2) is 44.7 Å². The van der Waals surface area contributed by atoms with Gasteiger partial charge in [-0.2, -0.15) is 0 Å². The van der Waals surface area contributed by atoms with E-state index >= 15 is 0 Å². The minimum atomic E-state index is 0.415. The second kappa shape index (κ2) is 6.37. The van der Waals surface area contributed by atoms with E-state index < -0.39 is 0 Å². The Morgan fingerprint density at radius 1 is 1.24 bits per heavy atom. The minimum Gasteiger partial charge on any atom is -0.377 e. The van der Waals surface area contributed by atoms with Gasteiger partial charge in [0.2, 0.25) is 0 Å². The molecular formula is C18H29N3. The van der Waals surface area contributed by atoms with Gasteiger partial charge < -0.3 is 15.1 Å². The molecule has 3 nitrogen and oxygen atoms in total. The highest BCUT2D eigenvalue weighted by Crippen LogP contribution is 2.32. The van der Waals surface area contributed by atoms with E-state index in [-0.39, 0.29) is 0 Å². The molecule has 0 radical (unpaired) electrons. The predicted octanol–water partition coefficient (Wildman–Crippen LogP) is 2.89. The fourth-order valence-corrected chi connectivity index (χ4v) is 3.51.